The predicted octanol–water partition coefficient (Wildman–Crippen LogP) is 1.90. The first-order chi connectivity index (χ1) is 13.6. The summed E-state index contributed by atoms with van der Waals surface area (Å²) in [5.74, 6) is 0.713. The number of morpholine rings is 1. The molecule has 2 fully saturated rings. The van der Waals surface area contributed by atoms with Gasteiger partial charge in [0.1, 0.15) is 11.8 Å². The smallest absolute Gasteiger partial charge is 0.245 e. The highest BCUT2D eigenvalue weighted by Crippen LogP contribution is 2.22. The molecule has 0 aliphatic carbocycles. The Morgan fingerprint density at radius 2 is 1.79 bits per heavy atom. The molecule has 7 heteroatoms. The van der Waals surface area contributed by atoms with Gasteiger partial charge in [-0.25, -0.2) is 0 Å². The van der Waals surface area contributed by atoms with E-state index in [0.29, 0.717) is 63.4 Å². The molecule has 2 aliphatic heterocycles. The van der Waals surface area contributed by atoms with E-state index in [-0.39, 0.29) is 30.1 Å². The molecule has 28 heavy (non-hydrogen) atoms. The number of amides is 2. The molecule has 1 aromatic carbocycles. The van der Waals surface area contributed by atoms with Crippen molar-refractivity contribution in [3.05, 3.63) is 29.8 Å². The third kappa shape index (κ3) is 4.90. The molecule has 7 nitrogen and oxygen atoms in total. The zero-order valence-electron chi connectivity index (χ0n) is 16.4. The minimum atomic E-state index is -0.358. The van der Waals surface area contributed by atoms with Crippen LogP contribution < -0.4 is 4.74 Å². The fourth-order valence-corrected chi connectivity index (χ4v) is 3.78. The topological polar surface area (TPSA) is 76.2 Å². The van der Waals surface area contributed by atoms with E-state index in [1.807, 2.05) is 0 Å². The Hall–Kier alpha value is -2.41. The van der Waals surface area contributed by atoms with E-state index in [9.17, 15) is 14.4 Å². The number of ether oxygens (including phenoxy) is 2. The number of ketones is 1. The molecule has 0 aromatic heterocycles. The normalized spacial score (nSPS) is 19.5. The van der Waals surface area contributed by atoms with Crippen LogP contribution in [0.5, 0.6) is 5.75 Å². The first-order valence-electron chi connectivity index (χ1n) is 9.93. The van der Waals surface area contributed by atoms with Crippen molar-refractivity contribution in [1.82, 2.24) is 9.80 Å². The fraction of sp³-hybridized carbons (Fsp3) is 0.571. The summed E-state index contributed by atoms with van der Waals surface area (Å²) in [6.45, 7) is 2.91. The molecule has 0 spiro atoms. The maximum atomic E-state index is 12.7. The molecule has 152 valence electrons. The van der Waals surface area contributed by atoms with Crippen molar-refractivity contribution in [2.24, 2.45) is 0 Å². The molecule has 0 unspecified atom stereocenters. The second-order valence-electron chi connectivity index (χ2n) is 7.19. The van der Waals surface area contributed by atoms with Gasteiger partial charge in [0.15, 0.2) is 5.78 Å². The summed E-state index contributed by atoms with van der Waals surface area (Å²) >= 11 is 0. The first-order valence-corrected chi connectivity index (χ1v) is 9.93. The molecule has 2 aliphatic rings. The predicted molar refractivity (Wildman–Crippen MR) is 103 cm³/mol. The van der Waals surface area contributed by atoms with Crippen LogP contribution in [-0.2, 0) is 14.3 Å². The SMILES string of the molecule is COc1ccc(C(=O)CCCC(=O)N2CCC[C@@H]2C(=O)N2CCOCC2)cc1. The Balaban J connectivity index is 1.47. The van der Waals surface area contributed by atoms with Gasteiger partial charge in [-0.3, -0.25) is 14.4 Å². The Kier molecular flexibility index (Phi) is 7.03. The lowest BCUT2D eigenvalue weighted by Crippen LogP contribution is -2.51. The van der Waals surface area contributed by atoms with E-state index in [1.165, 1.54) is 0 Å². The Morgan fingerprint density at radius 1 is 1.07 bits per heavy atom. The number of hydrogen-bond donors (Lipinski definition) is 0. The molecule has 2 saturated heterocycles. The summed E-state index contributed by atoms with van der Waals surface area (Å²) in [5.41, 5.74) is 0.620. The van der Waals surface area contributed by atoms with Crippen LogP contribution in [0.4, 0.5) is 0 Å². The molecule has 0 saturated carbocycles. The molecule has 1 atom stereocenters. The quantitative estimate of drug-likeness (QED) is 0.667. The van der Waals surface area contributed by atoms with Gasteiger partial charge in [-0.1, -0.05) is 0 Å². The summed E-state index contributed by atoms with van der Waals surface area (Å²) < 4.78 is 10.4. The molecule has 1 aromatic rings. The van der Waals surface area contributed by atoms with Gasteiger partial charge in [-0.05, 0) is 43.5 Å². The minimum Gasteiger partial charge on any atom is -0.497 e. The maximum Gasteiger partial charge on any atom is 0.245 e. The number of likely N-dealkylation sites (tertiary alicyclic amines) is 1. The monoisotopic (exact) mass is 388 g/mol. The van der Waals surface area contributed by atoms with Crippen molar-refractivity contribution in [2.75, 3.05) is 40.0 Å². The number of Topliss-reactive ketones (excluding diaryl/α,β-unsaturated/α-hetero) is 1. The Labute approximate surface area is 165 Å². The standard InChI is InChI=1S/C21H28N2O5/c1-27-17-9-7-16(8-10-17)19(24)5-2-6-20(25)23-11-3-4-18(23)21(26)22-12-14-28-15-13-22/h7-10,18H,2-6,11-15H2,1H3/t18-/m1/s1. The van der Waals surface area contributed by atoms with Crippen LogP contribution in [0, 0.1) is 0 Å². The zero-order valence-corrected chi connectivity index (χ0v) is 16.4. The van der Waals surface area contributed by atoms with Crippen LogP contribution in [-0.4, -0.2) is 73.4 Å². The van der Waals surface area contributed by atoms with Crippen LogP contribution in [0.3, 0.4) is 0 Å². The second-order valence-corrected chi connectivity index (χ2v) is 7.19. The van der Waals surface area contributed by atoms with Gasteiger partial charge in [0.25, 0.3) is 0 Å². The molecule has 0 bridgehead atoms. The largest absolute Gasteiger partial charge is 0.497 e. The minimum absolute atomic E-state index is 0.0119. The highest BCUT2D eigenvalue weighted by molar-refractivity contribution is 5.96. The van der Waals surface area contributed by atoms with Crippen molar-refractivity contribution in [3.8, 4) is 5.75 Å². The van der Waals surface area contributed by atoms with Crippen LogP contribution in [0.1, 0.15) is 42.5 Å². The van der Waals surface area contributed by atoms with Crippen LogP contribution in [0.2, 0.25) is 0 Å². The van der Waals surface area contributed by atoms with E-state index in [1.54, 1.807) is 41.2 Å². The summed E-state index contributed by atoms with van der Waals surface area (Å²) in [5, 5.41) is 0. The highest BCUT2D eigenvalue weighted by atomic mass is 16.5. The molecule has 2 amide bonds. The van der Waals surface area contributed by atoms with Crippen LogP contribution >= 0.6 is 0 Å². The van der Waals surface area contributed by atoms with Gasteiger partial charge >= 0.3 is 0 Å². The van der Waals surface area contributed by atoms with Crippen molar-refractivity contribution in [1.29, 1.82) is 0 Å². The molecule has 0 N–H and O–H groups in total. The van der Waals surface area contributed by atoms with E-state index < -0.39 is 0 Å². The third-order valence-electron chi connectivity index (χ3n) is 5.39. The second kappa shape index (κ2) is 9.68. The molecule has 0 radical (unpaired) electrons. The van der Waals surface area contributed by atoms with Gasteiger partial charge in [0.2, 0.25) is 11.8 Å². The zero-order chi connectivity index (χ0) is 19.9. The molecule has 2 heterocycles. The molecular weight excluding hydrogens is 360 g/mol. The summed E-state index contributed by atoms with van der Waals surface area (Å²) in [4.78, 5) is 41.2. The van der Waals surface area contributed by atoms with E-state index in [4.69, 9.17) is 9.47 Å². The number of carbonyl (C=O) groups excluding carboxylic acids is 3. The Bertz CT molecular complexity index is 697. The summed E-state index contributed by atoms with van der Waals surface area (Å²) in [6, 6.07) is 6.62. The van der Waals surface area contributed by atoms with Crippen LogP contribution in [0.15, 0.2) is 24.3 Å². The fourth-order valence-electron chi connectivity index (χ4n) is 3.78. The van der Waals surface area contributed by atoms with Gasteiger partial charge in [0.05, 0.1) is 20.3 Å². The van der Waals surface area contributed by atoms with Crippen molar-refractivity contribution >= 4 is 17.6 Å². The average molecular weight is 388 g/mol. The number of methoxy groups -OCH3 is 1. The van der Waals surface area contributed by atoms with Gasteiger partial charge in [-0.2, -0.15) is 0 Å². The third-order valence-corrected chi connectivity index (χ3v) is 5.39. The number of hydrogen-bond acceptors (Lipinski definition) is 5. The van der Waals surface area contributed by atoms with E-state index in [2.05, 4.69) is 0 Å². The molecule has 3 rings (SSSR count). The number of benzene rings is 1. The van der Waals surface area contributed by atoms with Gasteiger partial charge in [0, 0.05) is 38.0 Å². The van der Waals surface area contributed by atoms with Gasteiger partial charge < -0.3 is 19.3 Å². The lowest BCUT2D eigenvalue weighted by molar-refractivity contribution is -0.146. The number of carbonyl (C=O) groups is 3. The van der Waals surface area contributed by atoms with Crippen molar-refractivity contribution in [2.45, 2.75) is 38.1 Å². The Morgan fingerprint density at radius 3 is 2.46 bits per heavy atom. The lowest BCUT2D eigenvalue weighted by atomic mass is 10.0. The summed E-state index contributed by atoms with van der Waals surface area (Å²) in [6.07, 6.45) is 2.64. The number of rotatable bonds is 7. The van der Waals surface area contributed by atoms with Crippen molar-refractivity contribution in [3.63, 3.8) is 0 Å². The average Bonchev–Trinajstić information content (AvgIpc) is 3.23. The number of nitrogens with zero attached hydrogens (tertiary/aromatic N) is 2. The van der Waals surface area contributed by atoms with E-state index >= 15 is 0 Å². The summed E-state index contributed by atoms with van der Waals surface area (Å²) in [7, 11) is 1.58. The maximum absolute atomic E-state index is 12.7. The van der Waals surface area contributed by atoms with Gasteiger partial charge in [-0.15, -0.1) is 0 Å². The highest BCUT2D eigenvalue weighted by Gasteiger charge is 2.36. The van der Waals surface area contributed by atoms with E-state index in [0.717, 1.165) is 6.42 Å². The lowest BCUT2D eigenvalue weighted by Gasteiger charge is -2.32. The van der Waals surface area contributed by atoms with Crippen LogP contribution in [0.25, 0.3) is 0 Å². The molecular formula is C21H28N2O5. The first kappa shape index (κ1) is 20.3. The van der Waals surface area contributed by atoms with Crippen molar-refractivity contribution < 1.29 is 23.9 Å².